The quantitative estimate of drug-likeness (QED) is 0.765. The predicted octanol–water partition coefficient (Wildman–Crippen LogP) is 2.29. The molecule has 1 aromatic heterocycles. The molecule has 2 atom stereocenters. The fourth-order valence-corrected chi connectivity index (χ4v) is 2.34. The van der Waals surface area contributed by atoms with Crippen molar-refractivity contribution in [3.05, 3.63) is 18.5 Å². The van der Waals surface area contributed by atoms with Crippen molar-refractivity contribution in [1.82, 2.24) is 4.98 Å². The van der Waals surface area contributed by atoms with Crippen molar-refractivity contribution in [2.45, 2.75) is 32.7 Å². The van der Waals surface area contributed by atoms with E-state index in [0.29, 0.717) is 6.04 Å². The molecule has 0 saturated carbocycles. The first-order valence-electron chi connectivity index (χ1n) is 5.66. The summed E-state index contributed by atoms with van der Waals surface area (Å²) < 4.78 is 0. The van der Waals surface area contributed by atoms with Gasteiger partial charge in [0.05, 0.1) is 17.6 Å². The number of anilines is 2. The average molecular weight is 205 g/mol. The van der Waals surface area contributed by atoms with Gasteiger partial charge in [-0.05, 0) is 31.7 Å². The van der Waals surface area contributed by atoms with Gasteiger partial charge in [-0.2, -0.15) is 0 Å². The second-order valence-corrected chi connectivity index (χ2v) is 4.49. The lowest BCUT2D eigenvalue weighted by molar-refractivity contribution is 0.364. The molecule has 2 unspecified atom stereocenters. The number of hydrogen-bond donors (Lipinski definition) is 1. The van der Waals surface area contributed by atoms with E-state index in [1.807, 2.05) is 12.3 Å². The van der Waals surface area contributed by atoms with E-state index in [9.17, 15) is 0 Å². The summed E-state index contributed by atoms with van der Waals surface area (Å²) >= 11 is 0. The van der Waals surface area contributed by atoms with Crippen LogP contribution in [-0.2, 0) is 0 Å². The number of nitrogens with zero attached hydrogens (tertiary/aromatic N) is 2. The van der Waals surface area contributed by atoms with Crippen molar-refractivity contribution in [1.29, 1.82) is 0 Å². The third-order valence-corrected chi connectivity index (χ3v) is 3.51. The molecule has 1 aliphatic heterocycles. The lowest BCUT2D eigenvalue weighted by Crippen LogP contribution is -2.42. The molecular weight excluding hydrogens is 186 g/mol. The van der Waals surface area contributed by atoms with Crippen LogP contribution in [0.5, 0.6) is 0 Å². The second kappa shape index (κ2) is 4.09. The Morgan fingerprint density at radius 2 is 2.27 bits per heavy atom. The van der Waals surface area contributed by atoms with Crippen molar-refractivity contribution < 1.29 is 0 Å². The van der Waals surface area contributed by atoms with E-state index in [4.69, 9.17) is 5.73 Å². The van der Waals surface area contributed by atoms with Gasteiger partial charge in [0.15, 0.2) is 0 Å². The van der Waals surface area contributed by atoms with E-state index in [0.717, 1.165) is 23.8 Å². The van der Waals surface area contributed by atoms with Gasteiger partial charge in [0.25, 0.3) is 0 Å². The second-order valence-electron chi connectivity index (χ2n) is 4.49. The first kappa shape index (κ1) is 10.3. The van der Waals surface area contributed by atoms with E-state index in [1.54, 1.807) is 6.20 Å². The van der Waals surface area contributed by atoms with Crippen LogP contribution in [0.2, 0.25) is 0 Å². The number of rotatable bonds is 1. The number of pyridine rings is 1. The molecule has 15 heavy (non-hydrogen) atoms. The normalized spacial score (nSPS) is 26.7. The minimum atomic E-state index is 0.573. The average Bonchev–Trinajstić information content (AvgIpc) is 2.23. The van der Waals surface area contributed by atoms with E-state index < -0.39 is 0 Å². The summed E-state index contributed by atoms with van der Waals surface area (Å²) in [5.74, 6) is 0.742. The predicted molar refractivity (Wildman–Crippen MR) is 63.9 cm³/mol. The van der Waals surface area contributed by atoms with Gasteiger partial charge in [-0.15, -0.1) is 0 Å². The number of nitrogens with two attached hydrogens (primary N) is 1. The van der Waals surface area contributed by atoms with Gasteiger partial charge >= 0.3 is 0 Å². The van der Waals surface area contributed by atoms with Crippen LogP contribution in [0, 0.1) is 5.92 Å². The highest BCUT2D eigenvalue weighted by Gasteiger charge is 2.25. The van der Waals surface area contributed by atoms with Crippen LogP contribution in [0.1, 0.15) is 26.7 Å². The number of nitrogen functional groups attached to an aromatic ring is 1. The molecule has 1 saturated heterocycles. The molecule has 1 aliphatic rings. The Morgan fingerprint density at radius 1 is 1.47 bits per heavy atom. The molecule has 3 nitrogen and oxygen atoms in total. The number of hydrogen-bond acceptors (Lipinski definition) is 3. The number of aromatic nitrogens is 1. The largest absolute Gasteiger partial charge is 0.396 e. The lowest BCUT2D eigenvalue weighted by Gasteiger charge is -2.40. The van der Waals surface area contributed by atoms with Crippen molar-refractivity contribution in [3.63, 3.8) is 0 Å². The first-order valence-corrected chi connectivity index (χ1v) is 5.66. The molecule has 1 fully saturated rings. The van der Waals surface area contributed by atoms with Gasteiger partial charge < -0.3 is 10.6 Å². The van der Waals surface area contributed by atoms with Crippen molar-refractivity contribution in [2.75, 3.05) is 17.2 Å². The molecular formula is C12H19N3. The zero-order valence-corrected chi connectivity index (χ0v) is 9.48. The Morgan fingerprint density at radius 3 is 3.00 bits per heavy atom. The van der Waals surface area contributed by atoms with E-state index in [2.05, 4.69) is 23.7 Å². The Balaban J connectivity index is 2.26. The van der Waals surface area contributed by atoms with Crippen LogP contribution in [0.15, 0.2) is 18.5 Å². The summed E-state index contributed by atoms with van der Waals surface area (Å²) in [5.41, 5.74) is 7.89. The Bertz CT molecular complexity index is 337. The molecule has 82 valence electrons. The van der Waals surface area contributed by atoms with Crippen LogP contribution >= 0.6 is 0 Å². The van der Waals surface area contributed by atoms with E-state index in [-0.39, 0.29) is 0 Å². The summed E-state index contributed by atoms with van der Waals surface area (Å²) in [5, 5.41) is 0. The highest BCUT2D eigenvalue weighted by molar-refractivity contribution is 5.66. The smallest absolute Gasteiger partial charge is 0.0738 e. The molecule has 3 heteroatoms. The molecule has 1 aromatic rings. The fourth-order valence-electron chi connectivity index (χ4n) is 2.34. The molecule has 0 aromatic carbocycles. The summed E-state index contributed by atoms with van der Waals surface area (Å²) in [6.07, 6.45) is 6.13. The highest BCUT2D eigenvalue weighted by atomic mass is 15.2. The first-order chi connectivity index (χ1) is 7.20. The summed E-state index contributed by atoms with van der Waals surface area (Å²) in [6, 6.07) is 2.59. The fraction of sp³-hybridized carbons (Fsp3) is 0.583. The van der Waals surface area contributed by atoms with Crippen LogP contribution in [0.3, 0.4) is 0 Å². The number of piperidine rings is 1. The van der Waals surface area contributed by atoms with Gasteiger partial charge in [0, 0.05) is 18.8 Å². The molecule has 0 bridgehead atoms. The summed E-state index contributed by atoms with van der Waals surface area (Å²) in [7, 11) is 0. The SMILES string of the molecule is CC1CCCN(c2ccncc2N)C1C. The maximum absolute atomic E-state index is 5.95. The van der Waals surface area contributed by atoms with Crippen LogP contribution < -0.4 is 10.6 Å². The van der Waals surface area contributed by atoms with Crippen molar-refractivity contribution in [3.8, 4) is 0 Å². The highest BCUT2D eigenvalue weighted by Crippen LogP contribution is 2.31. The Kier molecular flexibility index (Phi) is 2.80. The minimum absolute atomic E-state index is 0.573. The third-order valence-electron chi connectivity index (χ3n) is 3.51. The standard InChI is InChI=1S/C12H19N3/c1-9-4-3-7-15(10(9)2)12-5-6-14-8-11(12)13/h5-6,8-10H,3-4,7,13H2,1-2H3. The van der Waals surface area contributed by atoms with Gasteiger partial charge in [-0.1, -0.05) is 6.92 Å². The Hall–Kier alpha value is -1.25. The molecule has 0 radical (unpaired) electrons. The monoisotopic (exact) mass is 205 g/mol. The van der Waals surface area contributed by atoms with Crippen molar-refractivity contribution in [2.24, 2.45) is 5.92 Å². The summed E-state index contributed by atoms with van der Waals surface area (Å²) in [6.45, 7) is 5.71. The van der Waals surface area contributed by atoms with E-state index >= 15 is 0 Å². The molecule has 2 rings (SSSR count). The maximum atomic E-state index is 5.95. The molecule has 0 aliphatic carbocycles. The lowest BCUT2D eigenvalue weighted by atomic mass is 9.91. The Labute approximate surface area is 91.3 Å². The molecule has 0 amide bonds. The third kappa shape index (κ3) is 1.91. The van der Waals surface area contributed by atoms with Crippen LogP contribution in [-0.4, -0.2) is 17.6 Å². The van der Waals surface area contributed by atoms with Gasteiger partial charge in [0.2, 0.25) is 0 Å². The molecule has 2 heterocycles. The molecule has 2 N–H and O–H groups in total. The summed E-state index contributed by atoms with van der Waals surface area (Å²) in [4.78, 5) is 6.44. The van der Waals surface area contributed by atoms with Crippen molar-refractivity contribution >= 4 is 11.4 Å². The van der Waals surface area contributed by atoms with Gasteiger partial charge in [0.1, 0.15) is 0 Å². The van der Waals surface area contributed by atoms with Crippen LogP contribution in [0.4, 0.5) is 11.4 Å². The topological polar surface area (TPSA) is 42.2 Å². The van der Waals surface area contributed by atoms with E-state index in [1.165, 1.54) is 12.8 Å². The minimum Gasteiger partial charge on any atom is -0.396 e. The molecule has 0 spiro atoms. The maximum Gasteiger partial charge on any atom is 0.0738 e. The zero-order valence-electron chi connectivity index (χ0n) is 9.48. The van der Waals surface area contributed by atoms with Gasteiger partial charge in [-0.3, -0.25) is 4.98 Å². The zero-order chi connectivity index (χ0) is 10.8. The van der Waals surface area contributed by atoms with Gasteiger partial charge in [-0.25, -0.2) is 0 Å². The van der Waals surface area contributed by atoms with Crippen LogP contribution in [0.25, 0.3) is 0 Å².